The van der Waals surface area contributed by atoms with Crippen LogP contribution in [0.1, 0.15) is 13.8 Å². The van der Waals surface area contributed by atoms with Gasteiger partial charge in [-0.25, -0.2) is 4.79 Å². The van der Waals surface area contributed by atoms with Crippen LogP contribution in [0.5, 0.6) is 0 Å². The van der Waals surface area contributed by atoms with Crippen molar-refractivity contribution < 1.29 is 19.4 Å². The SMILES string of the molecule is C=C(OC(=O)C(C)(C)Br)C(=O)O. The Morgan fingerprint density at radius 2 is 1.92 bits per heavy atom. The standard InChI is InChI=1S/C7H9BrO4/c1-4(5(9)10)12-6(11)7(2,3)8/h1H2,2-3H3,(H,9,10). The summed E-state index contributed by atoms with van der Waals surface area (Å²) >= 11 is 3.01. The Bertz CT molecular complexity index is 226. The van der Waals surface area contributed by atoms with Crippen LogP contribution in [0.25, 0.3) is 0 Å². The van der Waals surface area contributed by atoms with Gasteiger partial charge in [0, 0.05) is 0 Å². The van der Waals surface area contributed by atoms with E-state index in [1.807, 2.05) is 0 Å². The molecule has 0 aromatic carbocycles. The monoisotopic (exact) mass is 236 g/mol. The van der Waals surface area contributed by atoms with E-state index in [1.54, 1.807) is 13.8 Å². The van der Waals surface area contributed by atoms with Gasteiger partial charge < -0.3 is 9.84 Å². The van der Waals surface area contributed by atoms with Crippen LogP contribution in [-0.2, 0) is 14.3 Å². The van der Waals surface area contributed by atoms with Gasteiger partial charge >= 0.3 is 11.9 Å². The zero-order chi connectivity index (χ0) is 9.94. The van der Waals surface area contributed by atoms with Crippen molar-refractivity contribution in [2.75, 3.05) is 0 Å². The summed E-state index contributed by atoms with van der Waals surface area (Å²) in [4.78, 5) is 21.2. The molecule has 12 heavy (non-hydrogen) atoms. The summed E-state index contributed by atoms with van der Waals surface area (Å²) in [5.74, 6) is -2.61. The Morgan fingerprint density at radius 3 is 2.17 bits per heavy atom. The molecular formula is C7H9BrO4. The molecule has 0 aromatic heterocycles. The Hall–Kier alpha value is -0.840. The zero-order valence-electron chi connectivity index (χ0n) is 6.76. The molecule has 0 unspecified atom stereocenters. The van der Waals surface area contributed by atoms with Crippen molar-refractivity contribution in [3.8, 4) is 0 Å². The van der Waals surface area contributed by atoms with E-state index < -0.39 is 22.0 Å². The molecule has 0 bridgehead atoms. The minimum absolute atomic E-state index is 0.576. The lowest BCUT2D eigenvalue weighted by molar-refractivity contribution is -0.149. The van der Waals surface area contributed by atoms with Crippen LogP contribution < -0.4 is 0 Å². The van der Waals surface area contributed by atoms with E-state index in [0.717, 1.165) is 0 Å². The van der Waals surface area contributed by atoms with Crippen LogP contribution in [0.2, 0.25) is 0 Å². The highest BCUT2D eigenvalue weighted by Crippen LogP contribution is 2.18. The van der Waals surface area contributed by atoms with Gasteiger partial charge in [-0.2, -0.15) is 0 Å². The molecule has 0 saturated carbocycles. The average molecular weight is 237 g/mol. The summed E-state index contributed by atoms with van der Waals surface area (Å²) in [7, 11) is 0. The lowest BCUT2D eigenvalue weighted by Gasteiger charge is -2.13. The fourth-order valence-corrected chi connectivity index (χ4v) is 0.358. The number of carbonyl (C=O) groups is 2. The summed E-state index contributed by atoms with van der Waals surface area (Å²) in [6.45, 7) is 6.14. The number of carboxylic acid groups (broad SMARTS) is 1. The van der Waals surface area contributed by atoms with Crippen molar-refractivity contribution in [2.24, 2.45) is 0 Å². The maximum absolute atomic E-state index is 11.0. The number of carbonyl (C=O) groups excluding carboxylic acids is 1. The molecule has 0 atom stereocenters. The predicted molar refractivity (Wildman–Crippen MR) is 45.9 cm³/mol. The van der Waals surface area contributed by atoms with Crippen LogP contribution >= 0.6 is 15.9 Å². The van der Waals surface area contributed by atoms with Gasteiger partial charge in [0.15, 0.2) is 0 Å². The lowest BCUT2D eigenvalue weighted by atomic mass is 10.2. The average Bonchev–Trinajstić information content (AvgIpc) is 1.85. The molecule has 0 heterocycles. The highest BCUT2D eigenvalue weighted by atomic mass is 79.9. The van der Waals surface area contributed by atoms with Crippen molar-refractivity contribution in [3.05, 3.63) is 12.3 Å². The third kappa shape index (κ3) is 3.52. The summed E-state index contributed by atoms with van der Waals surface area (Å²) in [5, 5.41) is 8.30. The van der Waals surface area contributed by atoms with E-state index in [0.29, 0.717) is 0 Å². The molecule has 1 N–H and O–H groups in total. The Labute approximate surface area is 78.3 Å². The smallest absolute Gasteiger partial charge is 0.371 e. The molecule has 68 valence electrons. The predicted octanol–water partition coefficient (Wildman–Crippen LogP) is 1.30. The van der Waals surface area contributed by atoms with E-state index in [1.165, 1.54) is 0 Å². The number of ether oxygens (including phenoxy) is 1. The summed E-state index contributed by atoms with van der Waals surface area (Å²) in [6.07, 6.45) is 0. The highest BCUT2D eigenvalue weighted by molar-refractivity contribution is 9.10. The minimum atomic E-state index is -1.35. The maximum atomic E-state index is 11.0. The minimum Gasteiger partial charge on any atom is -0.475 e. The quantitative estimate of drug-likeness (QED) is 0.348. The number of hydrogen-bond acceptors (Lipinski definition) is 3. The highest BCUT2D eigenvalue weighted by Gasteiger charge is 2.27. The second kappa shape index (κ2) is 3.71. The molecule has 0 saturated heterocycles. The molecule has 0 amide bonds. The van der Waals surface area contributed by atoms with Gasteiger partial charge in [-0.15, -0.1) is 0 Å². The van der Waals surface area contributed by atoms with Gasteiger partial charge in [0.2, 0.25) is 5.76 Å². The summed E-state index contributed by atoms with van der Waals surface area (Å²) < 4.78 is 3.50. The molecule has 4 nitrogen and oxygen atoms in total. The van der Waals surface area contributed by atoms with E-state index in [2.05, 4.69) is 27.2 Å². The van der Waals surface area contributed by atoms with Gasteiger partial charge in [-0.3, -0.25) is 4.79 Å². The summed E-state index contributed by atoms with van der Waals surface area (Å²) in [6, 6.07) is 0. The van der Waals surface area contributed by atoms with Crippen molar-refractivity contribution >= 4 is 27.9 Å². The van der Waals surface area contributed by atoms with Crippen molar-refractivity contribution in [2.45, 2.75) is 18.2 Å². The number of esters is 1. The van der Waals surface area contributed by atoms with Crippen LogP contribution in [0.15, 0.2) is 12.3 Å². The van der Waals surface area contributed by atoms with E-state index in [4.69, 9.17) is 5.11 Å². The Kier molecular flexibility index (Phi) is 3.45. The van der Waals surface area contributed by atoms with Gasteiger partial charge in [0.25, 0.3) is 0 Å². The van der Waals surface area contributed by atoms with E-state index in [-0.39, 0.29) is 0 Å². The maximum Gasteiger partial charge on any atom is 0.371 e. The summed E-state index contributed by atoms with van der Waals surface area (Å²) in [5.41, 5.74) is 0. The first kappa shape index (κ1) is 11.2. The second-order valence-corrected chi connectivity index (χ2v) is 4.57. The van der Waals surface area contributed by atoms with E-state index in [9.17, 15) is 9.59 Å². The first-order valence-corrected chi connectivity index (χ1v) is 3.88. The molecule has 0 spiro atoms. The van der Waals surface area contributed by atoms with Gasteiger partial charge in [0.1, 0.15) is 4.32 Å². The van der Waals surface area contributed by atoms with Gasteiger partial charge in [-0.05, 0) is 20.4 Å². The zero-order valence-corrected chi connectivity index (χ0v) is 8.34. The first-order valence-electron chi connectivity index (χ1n) is 3.08. The van der Waals surface area contributed by atoms with Crippen molar-refractivity contribution in [3.63, 3.8) is 0 Å². The van der Waals surface area contributed by atoms with E-state index >= 15 is 0 Å². The number of carboxylic acids is 1. The number of hydrogen-bond donors (Lipinski definition) is 1. The molecule has 0 radical (unpaired) electrons. The molecular weight excluding hydrogens is 228 g/mol. The largest absolute Gasteiger partial charge is 0.475 e. The molecule has 5 heteroatoms. The topological polar surface area (TPSA) is 63.6 Å². The Balaban J connectivity index is 4.21. The number of halogens is 1. The van der Waals surface area contributed by atoms with Gasteiger partial charge in [-0.1, -0.05) is 15.9 Å². The van der Waals surface area contributed by atoms with Crippen molar-refractivity contribution in [1.82, 2.24) is 0 Å². The first-order chi connectivity index (χ1) is 5.25. The molecule has 0 fully saturated rings. The van der Waals surface area contributed by atoms with Crippen LogP contribution in [0, 0.1) is 0 Å². The van der Waals surface area contributed by atoms with Crippen LogP contribution in [0.3, 0.4) is 0 Å². The van der Waals surface area contributed by atoms with Crippen LogP contribution in [-0.4, -0.2) is 21.4 Å². The normalized spacial score (nSPS) is 10.6. The third-order valence-corrected chi connectivity index (χ3v) is 1.26. The fourth-order valence-electron chi connectivity index (χ4n) is 0.277. The fraction of sp³-hybridized carbons (Fsp3) is 0.429. The second-order valence-electron chi connectivity index (χ2n) is 2.59. The molecule has 0 aliphatic carbocycles. The number of alkyl halides is 1. The molecule has 0 rings (SSSR count). The number of aliphatic carboxylic acids is 1. The molecule has 0 aromatic rings. The van der Waals surface area contributed by atoms with Gasteiger partial charge in [0.05, 0.1) is 0 Å². The molecule has 0 aliphatic rings. The third-order valence-electron chi connectivity index (χ3n) is 0.940. The Morgan fingerprint density at radius 1 is 1.50 bits per heavy atom. The van der Waals surface area contributed by atoms with Crippen molar-refractivity contribution in [1.29, 1.82) is 0 Å². The molecule has 0 aliphatic heterocycles. The van der Waals surface area contributed by atoms with Crippen LogP contribution in [0.4, 0.5) is 0 Å². The number of rotatable bonds is 3. The lowest BCUT2D eigenvalue weighted by Crippen LogP contribution is -2.27.